The molecule has 11 heteroatoms. The number of rotatable bonds is 14. The number of hydrogen-bond acceptors (Lipinski definition) is 7. The Morgan fingerprint density at radius 3 is 2.42 bits per heavy atom. The second-order valence-electron chi connectivity index (χ2n) is 6.84. The predicted octanol–water partition coefficient (Wildman–Crippen LogP) is 0.356. The molecule has 1 rings (SSSR count). The van der Waals surface area contributed by atoms with Crippen LogP contribution in [-0.4, -0.2) is 60.7 Å². The number of unbranched alkanes of at least 4 members (excludes halogenated alkanes) is 1. The Labute approximate surface area is 194 Å². The van der Waals surface area contributed by atoms with E-state index in [1.165, 1.54) is 0 Å². The van der Waals surface area contributed by atoms with Crippen molar-refractivity contribution in [3.8, 4) is 0 Å². The lowest BCUT2D eigenvalue weighted by atomic mass is 10.1. The number of para-hydroxylation sites is 1. The Hall–Kier alpha value is -2.21. The molecule has 31 heavy (non-hydrogen) atoms. The SMILES string of the molecule is CNC(CCCCNC(=O)C(CS)NC(=O)CNNC(=S)Nc1ccccc1)C(C)=O. The van der Waals surface area contributed by atoms with Crippen LogP contribution >= 0.6 is 24.8 Å². The minimum atomic E-state index is -0.741. The summed E-state index contributed by atoms with van der Waals surface area (Å²) in [5, 5.41) is 11.7. The number of carbonyl (C=O) groups is 3. The quantitative estimate of drug-likeness (QED) is 0.0904. The van der Waals surface area contributed by atoms with E-state index in [1.54, 1.807) is 14.0 Å². The molecule has 0 radical (unpaired) electrons. The average molecular weight is 469 g/mol. The summed E-state index contributed by atoms with van der Waals surface area (Å²) in [7, 11) is 1.76. The molecule has 0 aromatic heterocycles. The lowest BCUT2D eigenvalue weighted by Crippen LogP contribution is -2.52. The highest BCUT2D eigenvalue weighted by Crippen LogP contribution is 2.04. The van der Waals surface area contributed by atoms with Crippen molar-refractivity contribution >= 4 is 53.2 Å². The summed E-state index contributed by atoms with van der Waals surface area (Å²) in [6, 6.07) is 8.47. The van der Waals surface area contributed by atoms with Gasteiger partial charge in [-0.2, -0.15) is 12.6 Å². The topological polar surface area (TPSA) is 123 Å². The molecule has 0 aliphatic carbocycles. The number of hydrazine groups is 1. The maximum absolute atomic E-state index is 12.2. The maximum Gasteiger partial charge on any atom is 0.243 e. The molecule has 0 fully saturated rings. The number of thiol groups is 1. The Kier molecular flexibility index (Phi) is 13.5. The van der Waals surface area contributed by atoms with E-state index in [9.17, 15) is 14.4 Å². The Balaban J connectivity index is 2.23. The summed E-state index contributed by atoms with van der Waals surface area (Å²) in [5.74, 6) is -0.397. The van der Waals surface area contributed by atoms with Crippen molar-refractivity contribution in [1.29, 1.82) is 0 Å². The van der Waals surface area contributed by atoms with Gasteiger partial charge in [0.1, 0.15) is 11.8 Å². The van der Waals surface area contributed by atoms with Crippen LogP contribution in [0.4, 0.5) is 5.69 Å². The van der Waals surface area contributed by atoms with Gasteiger partial charge in [0.05, 0.1) is 12.6 Å². The minimum absolute atomic E-state index is 0.0788. The molecule has 6 N–H and O–H groups in total. The molecule has 2 atom stereocenters. The average Bonchev–Trinajstić information content (AvgIpc) is 2.74. The number of amides is 2. The number of hydrogen-bond donors (Lipinski definition) is 7. The first kappa shape index (κ1) is 26.8. The number of anilines is 1. The van der Waals surface area contributed by atoms with E-state index < -0.39 is 6.04 Å². The first-order valence-corrected chi connectivity index (χ1v) is 11.1. The molecule has 1 aromatic carbocycles. The van der Waals surface area contributed by atoms with Gasteiger partial charge < -0.3 is 21.3 Å². The normalized spacial score (nSPS) is 12.4. The summed E-state index contributed by atoms with van der Waals surface area (Å²) in [4.78, 5) is 35.7. The van der Waals surface area contributed by atoms with Crippen molar-refractivity contribution in [1.82, 2.24) is 26.8 Å². The zero-order valence-corrected chi connectivity index (χ0v) is 19.6. The second-order valence-corrected chi connectivity index (χ2v) is 7.61. The summed E-state index contributed by atoms with van der Waals surface area (Å²) >= 11 is 9.28. The number of benzene rings is 1. The monoisotopic (exact) mass is 468 g/mol. The fourth-order valence-electron chi connectivity index (χ4n) is 2.69. The van der Waals surface area contributed by atoms with E-state index in [4.69, 9.17) is 12.2 Å². The molecule has 1 aromatic rings. The van der Waals surface area contributed by atoms with Crippen LogP contribution in [0.5, 0.6) is 0 Å². The van der Waals surface area contributed by atoms with E-state index in [0.717, 1.165) is 18.5 Å². The molecule has 2 unspecified atom stereocenters. The van der Waals surface area contributed by atoms with E-state index in [-0.39, 0.29) is 35.9 Å². The molecule has 0 bridgehead atoms. The van der Waals surface area contributed by atoms with Crippen LogP contribution in [-0.2, 0) is 14.4 Å². The van der Waals surface area contributed by atoms with E-state index in [0.29, 0.717) is 18.1 Å². The fraction of sp³-hybridized carbons (Fsp3) is 0.500. The van der Waals surface area contributed by atoms with Crippen LogP contribution in [0.3, 0.4) is 0 Å². The molecule has 0 saturated carbocycles. The third kappa shape index (κ3) is 11.7. The van der Waals surface area contributed by atoms with Gasteiger partial charge in [-0.25, -0.2) is 5.43 Å². The summed E-state index contributed by atoms with van der Waals surface area (Å²) in [5.41, 5.74) is 6.24. The van der Waals surface area contributed by atoms with E-state index in [2.05, 4.69) is 44.7 Å². The molecule has 172 valence electrons. The van der Waals surface area contributed by atoms with Gasteiger partial charge >= 0.3 is 0 Å². The minimum Gasteiger partial charge on any atom is -0.354 e. The van der Waals surface area contributed by atoms with Crippen molar-refractivity contribution in [3.63, 3.8) is 0 Å². The smallest absolute Gasteiger partial charge is 0.243 e. The molecular formula is C20H32N6O3S2. The number of nitrogens with one attached hydrogen (secondary N) is 6. The third-order valence-electron chi connectivity index (χ3n) is 4.37. The second kappa shape index (κ2) is 15.6. The van der Waals surface area contributed by atoms with Crippen molar-refractivity contribution in [2.45, 2.75) is 38.3 Å². The molecule has 0 aliphatic heterocycles. The molecule has 0 aliphatic rings. The first-order valence-electron chi connectivity index (χ1n) is 10.1. The van der Waals surface area contributed by atoms with Gasteiger partial charge in [0.2, 0.25) is 11.8 Å². The van der Waals surface area contributed by atoms with Crippen molar-refractivity contribution in [2.24, 2.45) is 0 Å². The Bertz CT molecular complexity index is 720. The van der Waals surface area contributed by atoms with Gasteiger partial charge in [0, 0.05) is 18.0 Å². The van der Waals surface area contributed by atoms with Crippen LogP contribution in [0.25, 0.3) is 0 Å². The molecule has 0 saturated heterocycles. The number of thiocarbonyl (C=S) groups is 1. The summed E-state index contributed by atoms with van der Waals surface area (Å²) in [6.07, 6.45) is 2.26. The summed E-state index contributed by atoms with van der Waals surface area (Å²) < 4.78 is 0. The molecule has 9 nitrogen and oxygen atoms in total. The largest absolute Gasteiger partial charge is 0.354 e. The molecular weight excluding hydrogens is 436 g/mol. The standard InChI is InChI=1S/C20H32N6O3S2/c1-14(27)16(21-2)10-6-7-11-22-19(29)17(13-30)25-18(28)12-23-26-20(31)24-15-8-4-3-5-9-15/h3-5,8-9,16-17,21,23,30H,6-7,10-13H2,1-2H3,(H,22,29)(H,25,28)(H2,24,26,31). The van der Waals surface area contributed by atoms with Gasteiger partial charge in [-0.05, 0) is 57.6 Å². The van der Waals surface area contributed by atoms with Gasteiger partial charge in [0.15, 0.2) is 5.11 Å². The Morgan fingerprint density at radius 2 is 1.81 bits per heavy atom. The van der Waals surface area contributed by atoms with Crippen molar-refractivity contribution in [2.75, 3.05) is 31.2 Å². The van der Waals surface area contributed by atoms with Gasteiger partial charge in [0.25, 0.3) is 0 Å². The lowest BCUT2D eigenvalue weighted by molar-refractivity contribution is -0.128. The van der Waals surface area contributed by atoms with Gasteiger partial charge in [-0.3, -0.25) is 19.8 Å². The highest BCUT2D eigenvalue weighted by atomic mass is 32.1. The highest BCUT2D eigenvalue weighted by Gasteiger charge is 2.18. The molecule has 0 heterocycles. The zero-order chi connectivity index (χ0) is 23.1. The van der Waals surface area contributed by atoms with E-state index in [1.807, 2.05) is 30.3 Å². The van der Waals surface area contributed by atoms with Crippen molar-refractivity contribution in [3.05, 3.63) is 30.3 Å². The van der Waals surface area contributed by atoms with Gasteiger partial charge in [-0.15, -0.1) is 0 Å². The summed E-state index contributed by atoms with van der Waals surface area (Å²) in [6.45, 7) is 1.94. The van der Waals surface area contributed by atoms with Crippen LogP contribution in [0, 0.1) is 0 Å². The molecule has 2 amide bonds. The Morgan fingerprint density at radius 1 is 1.10 bits per heavy atom. The first-order chi connectivity index (χ1) is 14.9. The van der Waals surface area contributed by atoms with Crippen LogP contribution < -0.4 is 32.1 Å². The van der Waals surface area contributed by atoms with Gasteiger partial charge in [-0.1, -0.05) is 18.2 Å². The van der Waals surface area contributed by atoms with Crippen LogP contribution in [0.15, 0.2) is 30.3 Å². The number of carbonyl (C=O) groups excluding carboxylic acids is 3. The van der Waals surface area contributed by atoms with Crippen LogP contribution in [0.2, 0.25) is 0 Å². The van der Waals surface area contributed by atoms with Crippen molar-refractivity contribution < 1.29 is 14.4 Å². The number of Topliss-reactive ketones (excluding diaryl/α,β-unsaturated/α-hetero) is 1. The van der Waals surface area contributed by atoms with E-state index >= 15 is 0 Å². The predicted molar refractivity (Wildman–Crippen MR) is 130 cm³/mol. The molecule has 0 spiro atoms. The zero-order valence-electron chi connectivity index (χ0n) is 17.9. The van der Waals surface area contributed by atoms with Crippen LogP contribution in [0.1, 0.15) is 26.2 Å². The third-order valence-corrected chi connectivity index (χ3v) is 4.94. The number of ketones is 1. The maximum atomic E-state index is 12.2. The number of likely N-dealkylation sites (N-methyl/N-ethyl adjacent to an activating group) is 1. The highest BCUT2D eigenvalue weighted by molar-refractivity contribution is 7.80. The lowest BCUT2D eigenvalue weighted by Gasteiger charge is -2.17. The fourth-order valence-corrected chi connectivity index (χ4v) is 3.13.